The van der Waals surface area contributed by atoms with Crippen LogP contribution in [0.15, 0.2) is 54.9 Å². The van der Waals surface area contributed by atoms with E-state index in [1.54, 1.807) is 42.5 Å². The number of carboxylic acid groups (broad SMARTS) is 1. The summed E-state index contributed by atoms with van der Waals surface area (Å²) in [5.74, 6) is -1.05. The van der Waals surface area contributed by atoms with E-state index in [-0.39, 0.29) is 12.3 Å². The summed E-state index contributed by atoms with van der Waals surface area (Å²) in [6.07, 6.45) is 1.47. The average Bonchev–Trinajstić information content (AvgIpc) is 2.89. The van der Waals surface area contributed by atoms with Gasteiger partial charge >= 0.3 is 5.97 Å². The van der Waals surface area contributed by atoms with Crippen molar-refractivity contribution in [3.05, 3.63) is 66.0 Å². The topological polar surface area (TPSA) is 72.2 Å². The van der Waals surface area contributed by atoms with Crippen LogP contribution in [0.2, 0.25) is 0 Å². The van der Waals surface area contributed by atoms with Crippen LogP contribution in [0.5, 0.6) is 0 Å². The van der Waals surface area contributed by atoms with Crippen molar-refractivity contribution in [1.82, 2.24) is 9.55 Å². The van der Waals surface area contributed by atoms with E-state index in [1.165, 1.54) is 10.9 Å². The third-order valence-electron chi connectivity index (χ3n) is 3.22. The van der Waals surface area contributed by atoms with Crippen LogP contribution in [0.25, 0.3) is 11.0 Å². The van der Waals surface area contributed by atoms with E-state index in [0.717, 1.165) is 0 Å². The molecule has 21 heavy (non-hydrogen) atoms. The number of carbonyl (C=O) groups excluding carboxylic acids is 1. The van der Waals surface area contributed by atoms with E-state index in [1.807, 2.05) is 6.07 Å². The number of nitrogens with zero attached hydrogens (tertiary/aromatic N) is 2. The predicted molar refractivity (Wildman–Crippen MR) is 77.2 cm³/mol. The number of carbonyl (C=O) groups is 2. The molecule has 0 spiro atoms. The Morgan fingerprint density at radius 2 is 1.81 bits per heavy atom. The highest BCUT2D eigenvalue weighted by atomic mass is 16.4. The highest BCUT2D eigenvalue weighted by Gasteiger charge is 2.12. The van der Waals surface area contributed by atoms with Gasteiger partial charge in [-0.25, -0.2) is 4.98 Å². The third kappa shape index (κ3) is 2.53. The maximum Gasteiger partial charge on any atom is 0.323 e. The number of imidazole rings is 1. The van der Waals surface area contributed by atoms with E-state index in [9.17, 15) is 9.59 Å². The minimum absolute atomic E-state index is 0.0967. The van der Waals surface area contributed by atoms with Crippen LogP contribution < -0.4 is 0 Å². The lowest BCUT2D eigenvalue weighted by Crippen LogP contribution is -2.08. The molecule has 1 N–H and O–H groups in total. The molecule has 2 aromatic carbocycles. The van der Waals surface area contributed by atoms with Crippen LogP contribution in [0, 0.1) is 0 Å². The molecule has 0 aliphatic heterocycles. The molecule has 3 rings (SSSR count). The van der Waals surface area contributed by atoms with Gasteiger partial charge in [-0.1, -0.05) is 30.3 Å². The average molecular weight is 280 g/mol. The van der Waals surface area contributed by atoms with Gasteiger partial charge in [-0.2, -0.15) is 0 Å². The fourth-order valence-electron chi connectivity index (χ4n) is 2.23. The zero-order chi connectivity index (χ0) is 14.8. The zero-order valence-electron chi connectivity index (χ0n) is 11.1. The van der Waals surface area contributed by atoms with Crippen molar-refractivity contribution < 1.29 is 14.7 Å². The molecule has 0 atom stereocenters. The van der Waals surface area contributed by atoms with Crippen molar-refractivity contribution in [2.24, 2.45) is 0 Å². The van der Waals surface area contributed by atoms with E-state index >= 15 is 0 Å². The maximum absolute atomic E-state index is 12.4. The van der Waals surface area contributed by atoms with Crippen molar-refractivity contribution in [3.8, 4) is 0 Å². The van der Waals surface area contributed by atoms with Crippen molar-refractivity contribution in [2.45, 2.75) is 6.54 Å². The smallest absolute Gasteiger partial charge is 0.323 e. The highest BCUT2D eigenvalue weighted by molar-refractivity contribution is 6.10. The Bertz CT molecular complexity index is 822. The van der Waals surface area contributed by atoms with Gasteiger partial charge in [0.15, 0.2) is 5.78 Å². The van der Waals surface area contributed by atoms with E-state index in [2.05, 4.69) is 4.98 Å². The summed E-state index contributed by atoms with van der Waals surface area (Å²) in [4.78, 5) is 27.4. The van der Waals surface area contributed by atoms with Gasteiger partial charge in [0.1, 0.15) is 6.54 Å². The van der Waals surface area contributed by atoms with Gasteiger partial charge in [-0.3, -0.25) is 9.59 Å². The fraction of sp³-hybridized carbons (Fsp3) is 0.0625. The van der Waals surface area contributed by atoms with Crippen molar-refractivity contribution >= 4 is 22.8 Å². The van der Waals surface area contributed by atoms with Gasteiger partial charge < -0.3 is 9.67 Å². The first kappa shape index (κ1) is 13.1. The molecule has 1 heterocycles. The number of fused-ring (bicyclic) bond motifs is 1. The third-order valence-corrected chi connectivity index (χ3v) is 3.22. The Kier molecular flexibility index (Phi) is 3.23. The van der Waals surface area contributed by atoms with Gasteiger partial charge in [0.2, 0.25) is 0 Å². The summed E-state index contributed by atoms with van der Waals surface area (Å²) in [7, 11) is 0. The summed E-state index contributed by atoms with van der Waals surface area (Å²) < 4.78 is 1.51. The van der Waals surface area contributed by atoms with E-state index in [4.69, 9.17) is 5.11 Å². The molecule has 0 bridgehead atoms. The molecule has 0 amide bonds. The van der Waals surface area contributed by atoms with Crippen LogP contribution in [-0.4, -0.2) is 26.4 Å². The lowest BCUT2D eigenvalue weighted by Gasteiger charge is -2.03. The van der Waals surface area contributed by atoms with Crippen LogP contribution in [0.1, 0.15) is 15.9 Å². The summed E-state index contributed by atoms with van der Waals surface area (Å²) in [6.45, 7) is -0.181. The second-order valence-corrected chi connectivity index (χ2v) is 4.66. The van der Waals surface area contributed by atoms with Gasteiger partial charge in [0.25, 0.3) is 0 Å². The minimum Gasteiger partial charge on any atom is -0.480 e. The number of hydrogen-bond acceptors (Lipinski definition) is 3. The largest absolute Gasteiger partial charge is 0.480 e. The second kappa shape index (κ2) is 5.20. The van der Waals surface area contributed by atoms with Crippen molar-refractivity contribution in [1.29, 1.82) is 0 Å². The molecule has 3 aromatic rings. The monoisotopic (exact) mass is 280 g/mol. The van der Waals surface area contributed by atoms with Crippen molar-refractivity contribution in [3.63, 3.8) is 0 Å². The summed E-state index contributed by atoms with van der Waals surface area (Å²) in [6, 6.07) is 14.1. The Morgan fingerprint density at radius 3 is 2.52 bits per heavy atom. The number of rotatable bonds is 4. The number of ketones is 1. The summed E-state index contributed by atoms with van der Waals surface area (Å²) >= 11 is 0. The molecule has 104 valence electrons. The Hall–Kier alpha value is -2.95. The molecule has 5 nitrogen and oxygen atoms in total. The van der Waals surface area contributed by atoms with Crippen molar-refractivity contribution in [2.75, 3.05) is 0 Å². The molecule has 0 aliphatic carbocycles. The standard InChI is InChI=1S/C16H12N2O3/c19-15(20)9-18-10-17-13-7-6-12(8-14(13)18)16(21)11-4-2-1-3-5-11/h1-8,10H,9H2,(H,19,20). The molecule has 0 unspecified atom stereocenters. The molecule has 0 aliphatic rings. The number of aliphatic carboxylic acids is 1. The van der Waals surface area contributed by atoms with Crippen LogP contribution in [-0.2, 0) is 11.3 Å². The number of benzene rings is 2. The Balaban J connectivity index is 2.04. The summed E-state index contributed by atoms with van der Waals surface area (Å²) in [5, 5.41) is 8.89. The Morgan fingerprint density at radius 1 is 1.05 bits per heavy atom. The molecule has 0 radical (unpaired) electrons. The first-order valence-electron chi connectivity index (χ1n) is 6.41. The van der Waals surface area contributed by atoms with E-state index < -0.39 is 5.97 Å². The normalized spacial score (nSPS) is 10.7. The minimum atomic E-state index is -0.950. The number of hydrogen-bond donors (Lipinski definition) is 1. The quantitative estimate of drug-likeness (QED) is 0.745. The van der Waals surface area contributed by atoms with Gasteiger partial charge in [0, 0.05) is 11.1 Å². The van der Waals surface area contributed by atoms with Crippen LogP contribution in [0.3, 0.4) is 0 Å². The zero-order valence-corrected chi connectivity index (χ0v) is 11.1. The molecule has 0 saturated carbocycles. The SMILES string of the molecule is O=C(O)Cn1cnc2ccc(C(=O)c3ccccc3)cc21. The fourth-order valence-corrected chi connectivity index (χ4v) is 2.23. The molecular formula is C16H12N2O3. The summed E-state index contributed by atoms with van der Waals surface area (Å²) in [5.41, 5.74) is 2.42. The second-order valence-electron chi connectivity index (χ2n) is 4.66. The number of aromatic nitrogens is 2. The lowest BCUT2D eigenvalue weighted by atomic mass is 10.0. The molecular weight excluding hydrogens is 268 g/mol. The highest BCUT2D eigenvalue weighted by Crippen LogP contribution is 2.17. The van der Waals surface area contributed by atoms with Gasteiger partial charge in [-0.05, 0) is 18.2 Å². The predicted octanol–water partition coefficient (Wildman–Crippen LogP) is 2.35. The van der Waals surface area contributed by atoms with Gasteiger partial charge in [-0.15, -0.1) is 0 Å². The molecule has 1 aromatic heterocycles. The Labute approximate surface area is 120 Å². The number of carboxylic acids is 1. The molecule has 5 heteroatoms. The van der Waals surface area contributed by atoms with E-state index in [0.29, 0.717) is 22.2 Å². The lowest BCUT2D eigenvalue weighted by molar-refractivity contribution is -0.137. The first-order chi connectivity index (χ1) is 10.1. The van der Waals surface area contributed by atoms with Crippen LogP contribution >= 0.6 is 0 Å². The maximum atomic E-state index is 12.4. The molecule has 0 saturated heterocycles. The van der Waals surface area contributed by atoms with Crippen LogP contribution in [0.4, 0.5) is 0 Å². The molecule has 0 fully saturated rings. The first-order valence-corrected chi connectivity index (χ1v) is 6.41. The van der Waals surface area contributed by atoms with Gasteiger partial charge in [0.05, 0.1) is 17.4 Å².